The van der Waals surface area contributed by atoms with Gasteiger partial charge in [0.2, 0.25) is 0 Å². The minimum atomic E-state index is -0.298. The van der Waals surface area contributed by atoms with Crippen LogP contribution < -0.4 is 5.46 Å². The first kappa shape index (κ1) is 15.3. The minimum absolute atomic E-state index is 0.294. The van der Waals surface area contributed by atoms with Crippen molar-refractivity contribution in [2.45, 2.75) is 45.8 Å². The fourth-order valence-electron chi connectivity index (χ4n) is 2.56. The smallest absolute Gasteiger partial charge is 0.399 e. The molecule has 0 unspecified atom stereocenters. The van der Waals surface area contributed by atoms with Crippen molar-refractivity contribution in [1.29, 1.82) is 0 Å². The van der Waals surface area contributed by atoms with E-state index in [1.165, 1.54) is 16.7 Å². The summed E-state index contributed by atoms with van der Waals surface area (Å²) in [6.45, 7) is 10.4. The van der Waals surface area contributed by atoms with E-state index in [1.807, 2.05) is 0 Å². The molecule has 0 atom stereocenters. The predicted octanol–water partition coefficient (Wildman–Crippen LogP) is 3.96. The molecule has 2 nitrogen and oxygen atoms in total. The van der Waals surface area contributed by atoms with E-state index in [-0.39, 0.29) is 18.3 Å². The molecule has 3 rings (SSSR count). The van der Waals surface area contributed by atoms with Crippen molar-refractivity contribution in [3.63, 3.8) is 0 Å². The summed E-state index contributed by atoms with van der Waals surface area (Å²) in [7, 11) is -0.294. The first-order chi connectivity index (χ1) is 10.3. The van der Waals surface area contributed by atoms with Crippen molar-refractivity contribution < 1.29 is 9.31 Å². The van der Waals surface area contributed by atoms with Gasteiger partial charge in [-0.05, 0) is 51.2 Å². The Morgan fingerprint density at radius 2 is 1.09 bits per heavy atom. The summed E-state index contributed by atoms with van der Waals surface area (Å²) >= 11 is 0. The van der Waals surface area contributed by atoms with Crippen LogP contribution in [0.1, 0.15) is 33.3 Å². The standard InChI is InChI=1S/C19H23BO2/c1-14-6-8-15(9-7-14)16-10-12-17(13-11-16)20-21-18(2,3)19(4,5)22-20/h6-13H,1-5H3. The van der Waals surface area contributed by atoms with Crippen molar-refractivity contribution in [2.24, 2.45) is 0 Å². The molecule has 0 spiro atoms. The normalized spacial score (nSPS) is 19.4. The van der Waals surface area contributed by atoms with Crippen LogP contribution in [0.4, 0.5) is 0 Å². The van der Waals surface area contributed by atoms with Crippen LogP contribution in [0.15, 0.2) is 48.5 Å². The Kier molecular flexibility index (Phi) is 3.66. The molecule has 1 fully saturated rings. The van der Waals surface area contributed by atoms with Gasteiger partial charge in [0.15, 0.2) is 0 Å². The first-order valence-electron chi connectivity index (χ1n) is 7.81. The van der Waals surface area contributed by atoms with E-state index in [4.69, 9.17) is 9.31 Å². The largest absolute Gasteiger partial charge is 0.494 e. The first-order valence-corrected chi connectivity index (χ1v) is 7.81. The van der Waals surface area contributed by atoms with Gasteiger partial charge in [-0.2, -0.15) is 0 Å². The average Bonchev–Trinajstić information content (AvgIpc) is 2.68. The maximum Gasteiger partial charge on any atom is 0.494 e. The lowest BCUT2D eigenvalue weighted by molar-refractivity contribution is 0.00578. The molecule has 1 aliphatic heterocycles. The molecule has 3 heteroatoms. The lowest BCUT2D eigenvalue weighted by atomic mass is 9.78. The number of rotatable bonds is 2. The van der Waals surface area contributed by atoms with Crippen molar-refractivity contribution in [3.8, 4) is 11.1 Å². The molecular weight excluding hydrogens is 271 g/mol. The second-order valence-corrected chi connectivity index (χ2v) is 7.08. The molecule has 1 saturated heterocycles. The third-order valence-corrected chi connectivity index (χ3v) is 4.82. The molecule has 0 bridgehead atoms. The molecule has 2 aromatic carbocycles. The highest BCUT2D eigenvalue weighted by molar-refractivity contribution is 6.62. The fourth-order valence-corrected chi connectivity index (χ4v) is 2.56. The number of benzene rings is 2. The minimum Gasteiger partial charge on any atom is -0.399 e. The van der Waals surface area contributed by atoms with Gasteiger partial charge in [-0.3, -0.25) is 0 Å². The van der Waals surface area contributed by atoms with Gasteiger partial charge >= 0.3 is 7.12 Å². The van der Waals surface area contributed by atoms with Crippen LogP contribution >= 0.6 is 0 Å². The van der Waals surface area contributed by atoms with Gasteiger partial charge in [0, 0.05) is 0 Å². The molecule has 0 aromatic heterocycles. The van der Waals surface area contributed by atoms with E-state index in [0.29, 0.717) is 0 Å². The zero-order valence-corrected chi connectivity index (χ0v) is 14.0. The van der Waals surface area contributed by atoms with E-state index < -0.39 is 0 Å². The summed E-state index contributed by atoms with van der Waals surface area (Å²) in [5.74, 6) is 0. The fraction of sp³-hybridized carbons (Fsp3) is 0.368. The molecule has 1 heterocycles. The molecular formula is C19H23BO2. The van der Waals surface area contributed by atoms with Crippen LogP contribution in [0.3, 0.4) is 0 Å². The van der Waals surface area contributed by atoms with E-state index in [0.717, 1.165) is 5.46 Å². The van der Waals surface area contributed by atoms with E-state index in [1.54, 1.807) is 0 Å². The maximum atomic E-state index is 6.09. The van der Waals surface area contributed by atoms with Gasteiger partial charge in [0.05, 0.1) is 11.2 Å². The molecule has 2 aromatic rings. The van der Waals surface area contributed by atoms with Crippen molar-refractivity contribution in [3.05, 3.63) is 54.1 Å². The van der Waals surface area contributed by atoms with Crippen molar-refractivity contribution in [1.82, 2.24) is 0 Å². The van der Waals surface area contributed by atoms with E-state index >= 15 is 0 Å². The molecule has 1 aliphatic rings. The van der Waals surface area contributed by atoms with Gasteiger partial charge in [-0.1, -0.05) is 54.1 Å². The quantitative estimate of drug-likeness (QED) is 0.780. The Balaban J connectivity index is 1.82. The summed E-state index contributed by atoms with van der Waals surface area (Å²) in [5.41, 5.74) is 4.18. The topological polar surface area (TPSA) is 18.5 Å². The zero-order valence-electron chi connectivity index (χ0n) is 14.0. The highest BCUT2D eigenvalue weighted by Crippen LogP contribution is 2.36. The van der Waals surface area contributed by atoms with E-state index in [9.17, 15) is 0 Å². The summed E-state index contributed by atoms with van der Waals surface area (Å²) in [6, 6.07) is 17.0. The number of hydrogen-bond acceptors (Lipinski definition) is 2. The van der Waals surface area contributed by atoms with Crippen LogP contribution in [0.25, 0.3) is 11.1 Å². The summed E-state index contributed by atoms with van der Waals surface area (Å²) in [5, 5.41) is 0. The SMILES string of the molecule is Cc1ccc(-c2ccc(B3OC(C)(C)C(C)(C)O3)cc2)cc1. The third kappa shape index (κ3) is 2.71. The van der Waals surface area contributed by atoms with Crippen LogP contribution in [-0.4, -0.2) is 18.3 Å². The summed E-state index contributed by atoms with van der Waals surface area (Å²) in [4.78, 5) is 0. The number of aryl methyl sites for hydroxylation is 1. The average molecular weight is 294 g/mol. The maximum absolute atomic E-state index is 6.09. The van der Waals surface area contributed by atoms with Crippen LogP contribution in [0.2, 0.25) is 0 Å². The molecule has 0 saturated carbocycles. The number of hydrogen-bond donors (Lipinski definition) is 0. The molecule has 0 amide bonds. The zero-order chi connectivity index (χ0) is 16.0. The van der Waals surface area contributed by atoms with Gasteiger partial charge < -0.3 is 9.31 Å². The molecule has 0 aliphatic carbocycles. The van der Waals surface area contributed by atoms with Crippen LogP contribution in [0.5, 0.6) is 0 Å². The lowest BCUT2D eigenvalue weighted by Crippen LogP contribution is -2.41. The van der Waals surface area contributed by atoms with Crippen LogP contribution in [0, 0.1) is 6.92 Å². The monoisotopic (exact) mass is 294 g/mol. The second-order valence-electron chi connectivity index (χ2n) is 7.08. The van der Waals surface area contributed by atoms with Crippen LogP contribution in [-0.2, 0) is 9.31 Å². The highest BCUT2D eigenvalue weighted by atomic mass is 16.7. The van der Waals surface area contributed by atoms with Gasteiger partial charge in [0.25, 0.3) is 0 Å². The highest BCUT2D eigenvalue weighted by Gasteiger charge is 2.51. The third-order valence-electron chi connectivity index (χ3n) is 4.82. The predicted molar refractivity (Wildman–Crippen MR) is 92.3 cm³/mol. The lowest BCUT2D eigenvalue weighted by Gasteiger charge is -2.32. The second kappa shape index (κ2) is 5.25. The Hall–Kier alpha value is -1.58. The molecule has 0 N–H and O–H groups in total. The Morgan fingerprint density at radius 3 is 1.55 bits per heavy atom. The van der Waals surface area contributed by atoms with Crippen molar-refractivity contribution in [2.75, 3.05) is 0 Å². The molecule has 22 heavy (non-hydrogen) atoms. The Labute approximate surface area is 133 Å². The summed E-state index contributed by atoms with van der Waals surface area (Å²) < 4.78 is 12.2. The molecule has 114 valence electrons. The summed E-state index contributed by atoms with van der Waals surface area (Å²) in [6.07, 6.45) is 0. The Morgan fingerprint density at radius 1 is 0.682 bits per heavy atom. The van der Waals surface area contributed by atoms with Crippen molar-refractivity contribution >= 4 is 12.6 Å². The van der Waals surface area contributed by atoms with Gasteiger partial charge in [-0.25, -0.2) is 0 Å². The van der Waals surface area contributed by atoms with E-state index in [2.05, 4.69) is 83.1 Å². The Bertz CT molecular complexity index is 641. The van der Waals surface area contributed by atoms with Gasteiger partial charge in [-0.15, -0.1) is 0 Å². The molecule has 0 radical (unpaired) electrons. The van der Waals surface area contributed by atoms with Gasteiger partial charge in [0.1, 0.15) is 0 Å².